The summed E-state index contributed by atoms with van der Waals surface area (Å²) >= 11 is 0. The van der Waals surface area contributed by atoms with E-state index < -0.39 is 12.0 Å². The number of carbonyl (C=O) groups is 2. The number of rotatable bonds is 3. The summed E-state index contributed by atoms with van der Waals surface area (Å²) in [5, 5.41) is 0. The Morgan fingerprint density at radius 3 is 2.45 bits per heavy atom. The molecule has 2 aromatic carbocycles. The Morgan fingerprint density at radius 2 is 1.70 bits per heavy atom. The number of aliphatic imine (C=N–C) groups is 1. The molecule has 0 radical (unpaired) electrons. The molecule has 1 aliphatic carbocycles. The van der Waals surface area contributed by atoms with Crippen molar-refractivity contribution in [3.8, 4) is 0 Å². The monoisotopic (exact) mass is 437 g/mol. The first-order chi connectivity index (χ1) is 15.9. The molecule has 2 atom stereocenters. The normalized spacial score (nSPS) is 21.5. The van der Waals surface area contributed by atoms with Gasteiger partial charge in [0.05, 0.1) is 35.4 Å². The van der Waals surface area contributed by atoms with Crippen molar-refractivity contribution in [1.29, 1.82) is 0 Å². The van der Waals surface area contributed by atoms with Crippen LogP contribution >= 0.6 is 0 Å². The van der Waals surface area contributed by atoms with Crippen LogP contribution in [0.2, 0.25) is 0 Å². The number of anilines is 1. The van der Waals surface area contributed by atoms with Crippen LogP contribution in [0.3, 0.4) is 0 Å². The van der Waals surface area contributed by atoms with Crippen molar-refractivity contribution in [1.82, 2.24) is 4.98 Å². The van der Waals surface area contributed by atoms with E-state index >= 15 is 0 Å². The summed E-state index contributed by atoms with van der Waals surface area (Å²) < 4.78 is 0. The quantitative estimate of drug-likeness (QED) is 0.544. The maximum absolute atomic E-state index is 13.9. The molecule has 33 heavy (non-hydrogen) atoms. The van der Waals surface area contributed by atoms with E-state index in [2.05, 4.69) is 18.8 Å². The molecule has 3 aromatic rings. The average Bonchev–Trinajstić information content (AvgIpc) is 2.94. The first-order valence-electron chi connectivity index (χ1n) is 11.4. The minimum absolute atomic E-state index is 0.0709. The second-order valence-corrected chi connectivity index (χ2v) is 9.68. The Labute approximate surface area is 194 Å². The zero-order chi connectivity index (χ0) is 23.0. The highest BCUT2D eigenvalue weighted by Gasteiger charge is 2.48. The Morgan fingerprint density at radius 1 is 0.970 bits per heavy atom. The van der Waals surface area contributed by atoms with Crippen LogP contribution in [-0.2, 0) is 16.0 Å². The number of hydrogen-bond acceptors (Lipinski definition) is 4. The summed E-state index contributed by atoms with van der Waals surface area (Å²) in [6.45, 7) is 4.21. The molecule has 0 saturated heterocycles. The third kappa shape index (κ3) is 4.11. The number of para-hydroxylation sites is 2. The van der Waals surface area contributed by atoms with E-state index in [0.717, 1.165) is 22.6 Å². The van der Waals surface area contributed by atoms with E-state index in [1.165, 1.54) is 0 Å². The number of aromatic nitrogens is 1. The molecule has 1 amide bonds. The molecule has 0 N–H and O–H groups in total. The van der Waals surface area contributed by atoms with E-state index in [4.69, 9.17) is 4.99 Å². The van der Waals surface area contributed by atoms with Gasteiger partial charge in [0.1, 0.15) is 5.78 Å². The first-order valence-corrected chi connectivity index (χ1v) is 11.4. The van der Waals surface area contributed by atoms with Crippen LogP contribution in [0.25, 0.3) is 0 Å². The van der Waals surface area contributed by atoms with Crippen molar-refractivity contribution in [2.24, 2.45) is 16.3 Å². The lowest BCUT2D eigenvalue weighted by molar-refractivity contribution is -0.125. The van der Waals surface area contributed by atoms with Crippen molar-refractivity contribution in [3.05, 3.63) is 90.3 Å². The Bertz CT molecular complexity index is 1220. The molecular formula is C28H27N3O2. The molecule has 166 valence electrons. The van der Waals surface area contributed by atoms with Gasteiger partial charge in [0.15, 0.2) is 0 Å². The van der Waals surface area contributed by atoms with Crippen molar-refractivity contribution < 1.29 is 9.59 Å². The minimum atomic E-state index is -0.534. The van der Waals surface area contributed by atoms with E-state index in [9.17, 15) is 9.59 Å². The van der Waals surface area contributed by atoms with Gasteiger partial charge in [-0.05, 0) is 41.7 Å². The Kier molecular flexibility index (Phi) is 5.41. The van der Waals surface area contributed by atoms with Gasteiger partial charge in [-0.25, -0.2) is 0 Å². The predicted octanol–water partition coefficient (Wildman–Crippen LogP) is 5.49. The number of ketones is 1. The first kappa shape index (κ1) is 21.3. The van der Waals surface area contributed by atoms with E-state index in [1.54, 1.807) is 11.1 Å². The van der Waals surface area contributed by atoms with Crippen LogP contribution < -0.4 is 4.90 Å². The molecule has 0 spiro atoms. The number of Topliss-reactive ketones (excluding diaryl/α,β-unsaturated/α-hetero) is 1. The summed E-state index contributed by atoms with van der Waals surface area (Å²) in [4.78, 5) is 38.9. The summed E-state index contributed by atoms with van der Waals surface area (Å²) in [6.07, 6.45) is 3.12. The van der Waals surface area contributed by atoms with Gasteiger partial charge in [-0.3, -0.25) is 24.5 Å². The molecule has 0 bridgehead atoms. The van der Waals surface area contributed by atoms with Crippen LogP contribution in [-0.4, -0.2) is 22.4 Å². The molecule has 5 heteroatoms. The zero-order valence-electron chi connectivity index (χ0n) is 18.9. The third-order valence-electron chi connectivity index (χ3n) is 6.48. The lowest BCUT2D eigenvalue weighted by Crippen LogP contribution is -2.48. The average molecular weight is 438 g/mol. The van der Waals surface area contributed by atoms with E-state index in [-0.39, 0.29) is 23.5 Å². The van der Waals surface area contributed by atoms with Gasteiger partial charge in [0, 0.05) is 18.3 Å². The standard InChI is InChI=1S/C28H27N3O2/c1-28(2)17-22-26(24(32)18-28)27(21-13-8-9-15-29-21)31(23-14-7-6-12-20(23)30-22)25(33)16-19-10-4-3-5-11-19/h3-15,26-27H,16-18H2,1-2H3. The lowest BCUT2D eigenvalue weighted by Gasteiger charge is -2.40. The lowest BCUT2D eigenvalue weighted by atomic mass is 9.68. The zero-order valence-corrected chi connectivity index (χ0v) is 18.9. The van der Waals surface area contributed by atoms with Gasteiger partial charge in [-0.15, -0.1) is 0 Å². The molecular weight excluding hydrogens is 410 g/mol. The molecule has 1 aliphatic heterocycles. The second kappa shape index (κ2) is 8.39. The fraction of sp³-hybridized carbons (Fsp3) is 0.286. The Hall–Kier alpha value is -3.60. The van der Waals surface area contributed by atoms with Gasteiger partial charge in [0.2, 0.25) is 5.91 Å². The molecule has 2 aliphatic rings. The number of fused-ring (bicyclic) bond motifs is 2. The van der Waals surface area contributed by atoms with E-state index in [1.807, 2.05) is 72.8 Å². The van der Waals surface area contributed by atoms with Crippen molar-refractivity contribution in [2.45, 2.75) is 39.2 Å². The molecule has 5 rings (SSSR count). The third-order valence-corrected chi connectivity index (χ3v) is 6.48. The van der Waals surface area contributed by atoms with Crippen molar-refractivity contribution in [3.63, 3.8) is 0 Å². The molecule has 2 unspecified atom stereocenters. The highest BCUT2D eigenvalue weighted by molar-refractivity contribution is 6.13. The maximum atomic E-state index is 13.9. The second-order valence-electron chi connectivity index (χ2n) is 9.68. The summed E-state index contributed by atoms with van der Waals surface area (Å²) in [5.74, 6) is -0.468. The van der Waals surface area contributed by atoms with Gasteiger partial charge < -0.3 is 0 Å². The fourth-order valence-corrected chi connectivity index (χ4v) is 5.11. The highest BCUT2D eigenvalue weighted by atomic mass is 16.2. The number of carbonyl (C=O) groups excluding carboxylic acids is 2. The Balaban J connectivity index is 1.69. The summed E-state index contributed by atoms with van der Waals surface area (Å²) in [5.41, 5.74) is 3.76. The number of nitrogens with zero attached hydrogens (tertiary/aromatic N) is 3. The molecule has 2 heterocycles. The summed E-state index contributed by atoms with van der Waals surface area (Å²) in [6, 6.07) is 22.5. The minimum Gasteiger partial charge on any atom is -0.300 e. The van der Waals surface area contributed by atoms with Gasteiger partial charge >= 0.3 is 0 Å². The van der Waals surface area contributed by atoms with E-state index in [0.29, 0.717) is 18.5 Å². The highest BCUT2D eigenvalue weighted by Crippen LogP contribution is 2.47. The fourth-order valence-electron chi connectivity index (χ4n) is 5.11. The number of amides is 1. The topological polar surface area (TPSA) is 62.6 Å². The predicted molar refractivity (Wildman–Crippen MR) is 130 cm³/mol. The van der Waals surface area contributed by atoms with Gasteiger partial charge in [-0.1, -0.05) is 62.4 Å². The van der Waals surface area contributed by atoms with Crippen molar-refractivity contribution in [2.75, 3.05) is 4.90 Å². The molecule has 1 aromatic heterocycles. The maximum Gasteiger partial charge on any atom is 0.232 e. The number of benzene rings is 2. The number of pyridine rings is 1. The molecule has 5 nitrogen and oxygen atoms in total. The largest absolute Gasteiger partial charge is 0.300 e. The smallest absolute Gasteiger partial charge is 0.232 e. The van der Waals surface area contributed by atoms with Crippen LogP contribution in [0.15, 0.2) is 84.0 Å². The molecule has 1 saturated carbocycles. The van der Waals surface area contributed by atoms with Crippen molar-refractivity contribution >= 4 is 28.8 Å². The van der Waals surface area contributed by atoms with Crippen LogP contribution in [0, 0.1) is 11.3 Å². The SMILES string of the molecule is CC1(C)CC(=O)C2C(=Nc3ccccc3N(C(=O)Cc3ccccc3)C2c2ccccn2)C1. The van der Waals surface area contributed by atoms with Crippen LogP contribution in [0.5, 0.6) is 0 Å². The number of hydrogen-bond donors (Lipinski definition) is 0. The van der Waals surface area contributed by atoms with Crippen LogP contribution in [0.4, 0.5) is 11.4 Å². The van der Waals surface area contributed by atoms with Gasteiger partial charge in [-0.2, -0.15) is 0 Å². The molecule has 1 fully saturated rings. The van der Waals surface area contributed by atoms with Crippen LogP contribution in [0.1, 0.15) is 44.0 Å². The summed E-state index contributed by atoms with van der Waals surface area (Å²) in [7, 11) is 0. The van der Waals surface area contributed by atoms with Gasteiger partial charge in [0.25, 0.3) is 0 Å².